The normalized spacial score (nSPS) is 10.4. The molecule has 3 heteroatoms. The predicted octanol–water partition coefficient (Wildman–Crippen LogP) is 1.58. The highest BCUT2D eigenvalue weighted by Gasteiger charge is 2.08. The maximum absolute atomic E-state index is 9.14. The van der Waals surface area contributed by atoms with Crippen molar-refractivity contribution in [1.29, 1.82) is 0 Å². The molecular weight excluding hydrogens is 176 g/mol. The second-order valence-electron chi connectivity index (χ2n) is 3.17. The van der Waals surface area contributed by atoms with Gasteiger partial charge < -0.3 is 5.11 Å². The number of aromatic nitrogens is 2. The van der Waals surface area contributed by atoms with Crippen LogP contribution in [0.3, 0.4) is 0 Å². The van der Waals surface area contributed by atoms with Crippen LogP contribution < -0.4 is 0 Å². The van der Waals surface area contributed by atoms with Gasteiger partial charge in [0.2, 0.25) is 0 Å². The fraction of sp³-hybridized carbons (Fsp3) is 0.182. The molecule has 0 aliphatic heterocycles. The Bertz CT molecular complexity index is 420. The standard InChI is InChI=1S/C11H12N2O/c1-13-11(10(8-14)7-12-13)9-5-3-2-4-6-9/h2-7,14H,8H2,1H3. The maximum atomic E-state index is 9.14. The number of hydrogen-bond acceptors (Lipinski definition) is 2. The monoisotopic (exact) mass is 188 g/mol. The number of aliphatic hydroxyl groups is 1. The SMILES string of the molecule is Cn1ncc(CO)c1-c1ccccc1. The van der Waals surface area contributed by atoms with Crippen molar-refractivity contribution in [3.8, 4) is 11.3 Å². The van der Waals surface area contributed by atoms with Crippen LogP contribution in [-0.2, 0) is 13.7 Å². The molecule has 0 saturated heterocycles. The van der Waals surface area contributed by atoms with Gasteiger partial charge in [0, 0.05) is 18.2 Å². The number of nitrogens with zero attached hydrogens (tertiary/aromatic N) is 2. The largest absolute Gasteiger partial charge is 0.392 e. The van der Waals surface area contributed by atoms with Crippen molar-refractivity contribution in [2.24, 2.45) is 7.05 Å². The molecule has 0 radical (unpaired) electrons. The minimum atomic E-state index is 0.0259. The Morgan fingerprint density at radius 1 is 1.29 bits per heavy atom. The van der Waals surface area contributed by atoms with Crippen molar-refractivity contribution < 1.29 is 5.11 Å². The predicted molar refractivity (Wildman–Crippen MR) is 54.6 cm³/mol. The Morgan fingerprint density at radius 2 is 2.00 bits per heavy atom. The second kappa shape index (κ2) is 3.64. The van der Waals surface area contributed by atoms with Gasteiger partial charge in [0.1, 0.15) is 0 Å². The number of rotatable bonds is 2. The first-order valence-electron chi connectivity index (χ1n) is 4.50. The van der Waals surface area contributed by atoms with Gasteiger partial charge in [-0.1, -0.05) is 30.3 Å². The third-order valence-corrected chi connectivity index (χ3v) is 2.23. The molecule has 0 saturated carbocycles. The van der Waals surface area contributed by atoms with E-state index >= 15 is 0 Å². The van der Waals surface area contributed by atoms with Crippen LogP contribution in [0.4, 0.5) is 0 Å². The van der Waals surface area contributed by atoms with Gasteiger partial charge in [0.15, 0.2) is 0 Å². The molecule has 1 heterocycles. The summed E-state index contributed by atoms with van der Waals surface area (Å²) < 4.78 is 1.78. The van der Waals surface area contributed by atoms with Crippen molar-refractivity contribution in [2.75, 3.05) is 0 Å². The van der Waals surface area contributed by atoms with Crippen LogP contribution in [0.15, 0.2) is 36.5 Å². The topological polar surface area (TPSA) is 38.0 Å². The molecule has 0 spiro atoms. The third-order valence-electron chi connectivity index (χ3n) is 2.23. The molecule has 0 aliphatic carbocycles. The fourth-order valence-corrected chi connectivity index (χ4v) is 1.57. The van der Waals surface area contributed by atoms with Crippen molar-refractivity contribution in [2.45, 2.75) is 6.61 Å². The summed E-state index contributed by atoms with van der Waals surface area (Å²) in [5.74, 6) is 0. The summed E-state index contributed by atoms with van der Waals surface area (Å²) in [6, 6.07) is 9.94. The first kappa shape index (κ1) is 8.97. The molecule has 1 N–H and O–H groups in total. The summed E-state index contributed by atoms with van der Waals surface area (Å²) in [5, 5.41) is 13.3. The molecule has 1 aromatic carbocycles. The summed E-state index contributed by atoms with van der Waals surface area (Å²) in [6.07, 6.45) is 1.70. The Kier molecular flexibility index (Phi) is 2.33. The maximum Gasteiger partial charge on any atom is 0.0734 e. The molecule has 2 aromatic rings. The van der Waals surface area contributed by atoms with Crippen molar-refractivity contribution >= 4 is 0 Å². The van der Waals surface area contributed by atoms with E-state index in [0.29, 0.717) is 0 Å². The fourth-order valence-electron chi connectivity index (χ4n) is 1.57. The van der Waals surface area contributed by atoms with Gasteiger partial charge in [-0.3, -0.25) is 4.68 Å². The third kappa shape index (κ3) is 1.42. The Hall–Kier alpha value is -1.61. The summed E-state index contributed by atoms with van der Waals surface area (Å²) in [5.41, 5.74) is 2.92. The van der Waals surface area contributed by atoms with Crippen LogP contribution in [0, 0.1) is 0 Å². The van der Waals surface area contributed by atoms with Gasteiger partial charge in [-0.25, -0.2) is 0 Å². The molecule has 0 bridgehead atoms. The summed E-state index contributed by atoms with van der Waals surface area (Å²) in [7, 11) is 1.88. The zero-order valence-electron chi connectivity index (χ0n) is 8.01. The Balaban J connectivity index is 2.55. The van der Waals surface area contributed by atoms with Crippen LogP contribution in [-0.4, -0.2) is 14.9 Å². The first-order chi connectivity index (χ1) is 6.83. The summed E-state index contributed by atoms with van der Waals surface area (Å²) in [6.45, 7) is 0.0259. The van der Waals surface area contributed by atoms with Gasteiger partial charge in [0.25, 0.3) is 0 Å². The van der Waals surface area contributed by atoms with E-state index in [1.807, 2.05) is 37.4 Å². The molecule has 0 fully saturated rings. The first-order valence-corrected chi connectivity index (χ1v) is 4.50. The van der Waals surface area contributed by atoms with E-state index in [-0.39, 0.29) is 6.61 Å². The molecular formula is C11H12N2O. The van der Waals surface area contributed by atoms with E-state index in [2.05, 4.69) is 5.10 Å². The van der Waals surface area contributed by atoms with Crippen LogP contribution in [0.1, 0.15) is 5.56 Å². The summed E-state index contributed by atoms with van der Waals surface area (Å²) in [4.78, 5) is 0. The minimum absolute atomic E-state index is 0.0259. The lowest BCUT2D eigenvalue weighted by Crippen LogP contribution is -1.95. The van der Waals surface area contributed by atoms with Crippen LogP contribution >= 0.6 is 0 Å². The molecule has 0 amide bonds. The highest BCUT2D eigenvalue weighted by molar-refractivity contribution is 5.62. The lowest BCUT2D eigenvalue weighted by molar-refractivity contribution is 0.282. The van der Waals surface area contributed by atoms with Gasteiger partial charge >= 0.3 is 0 Å². The number of hydrogen-bond donors (Lipinski definition) is 1. The molecule has 0 aliphatic rings. The Morgan fingerprint density at radius 3 is 2.64 bits per heavy atom. The van der Waals surface area contributed by atoms with E-state index in [1.54, 1.807) is 10.9 Å². The molecule has 1 aromatic heterocycles. The van der Waals surface area contributed by atoms with Crippen LogP contribution in [0.5, 0.6) is 0 Å². The lowest BCUT2D eigenvalue weighted by atomic mass is 10.1. The van der Waals surface area contributed by atoms with Crippen molar-refractivity contribution in [3.63, 3.8) is 0 Å². The zero-order chi connectivity index (χ0) is 9.97. The second-order valence-corrected chi connectivity index (χ2v) is 3.17. The molecule has 14 heavy (non-hydrogen) atoms. The van der Waals surface area contributed by atoms with E-state index in [1.165, 1.54) is 0 Å². The van der Waals surface area contributed by atoms with Crippen molar-refractivity contribution in [3.05, 3.63) is 42.1 Å². The molecule has 72 valence electrons. The minimum Gasteiger partial charge on any atom is -0.392 e. The smallest absolute Gasteiger partial charge is 0.0734 e. The highest BCUT2D eigenvalue weighted by Crippen LogP contribution is 2.22. The van der Waals surface area contributed by atoms with E-state index in [0.717, 1.165) is 16.8 Å². The Labute approximate surface area is 82.6 Å². The van der Waals surface area contributed by atoms with E-state index in [9.17, 15) is 0 Å². The average molecular weight is 188 g/mol. The molecule has 0 unspecified atom stereocenters. The van der Waals surface area contributed by atoms with Gasteiger partial charge in [-0.05, 0) is 0 Å². The quantitative estimate of drug-likeness (QED) is 0.777. The van der Waals surface area contributed by atoms with Gasteiger partial charge in [0.05, 0.1) is 18.5 Å². The average Bonchev–Trinajstić information content (AvgIpc) is 2.61. The van der Waals surface area contributed by atoms with Gasteiger partial charge in [-0.2, -0.15) is 5.10 Å². The number of aliphatic hydroxyl groups excluding tert-OH is 1. The van der Waals surface area contributed by atoms with Crippen LogP contribution in [0.2, 0.25) is 0 Å². The molecule has 3 nitrogen and oxygen atoms in total. The number of aryl methyl sites for hydroxylation is 1. The molecule has 2 rings (SSSR count). The zero-order valence-corrected chi connectivity index (χ0v) is 8.01. The van der Waals surface area contributed by atoms with Gasteiger partial charge in [-0.15, -0.1) is 0 Å². The molecule has 0 atom stereocenters. The number of benzene rings is 1. The highest BCUT2D eigenvalue weighted by atomic mass is 16.3. The summed E-state index contributed by atoms with van der Waals surface area (Å²) >= 11 is 0. The van der Waals surface area contributed by atoms with Crippen molar-refractivity contribution in [1.82, 2.24) is 9.78 Å². The van der Waals surface area contributed by atoms with E-state index < -0.39 is 0 Å². The lowest BCUT2D eigenvalue weighted by Gasteiger charge is -2.03. The van der Waals surface area contributed by atoms with Crippen LogP contribution in [0.25, 0.3) is 11.3 Å². The van der Waals surface area contributed by atoms with E-state index in [4.69, 9.17) is 5.11 Å².